The minimum absolute atomic E-state index is 0.247. The molecule has 0 spiro atoms. The molecule has 1 aromatic rings. The Morgan fingerprint density at radius 3 is 2.62 bits per heavy atom. The maximum absolute atomic E-state index is 12.0. The number of hydrogen-bond donors (Lipinski definition) is 2. The molecule has 1 aliphatic carbocycles. The second-order valence-corrected chi connectivity index (χ2v) is 5.02. The maximum atomic E-state index is 12.0. The number of methoxy groups -OCH3 is 1. The summed E-state index contributed by atoms with van der Waals surface area (Å²) in [6.07, 6.45) is 0.806. The highest BCUT2D eigenvalue weighted by Gasteiger charge is 2.56. The summed E-state index contributed by atoms with van der Waals surface area (Å²) in [5, 5.41) is 11.8. The van der Waals surface area contributed by atoms with Crippen molar-refractivity contribution in [2.24, 2.45) is 5.41 Å². The summed E-state index contributed by atoms with van der Waals surface area (Å²) in [7, 11) is 1.59. The van der Waals surface area contributed by atoms with Crippen LogP contribution < -0.4 is 10.1 Å². The summed E-state index contributed by atoms with van der Waals surface area (Å²) in [6.45, 7) is 1.14. The molecule has 1 saturated carbocycles. The second-order valence-electron chi connectivity index (χ2n) is 5.02. The van der Waals surface area contributed by atoms with Crippen LogP contribution in [0, 0.1) is 5.41 Å². The van der Waals surface area contributed by atoms with E-state index in [-0.39, 0.29) is 6.54 Å². The molecular weight excluding hydrogens is 274 g/mol. The van der Waals surface area contributed by atoms with Gasteiger partial charge >= 0.3 is 5.97 Å². The van der Waals surface area contributed by atoms with Gasteiger partial charge in [-0.05, 0) is 18.9 Å². The molecule has 0 atom stereocenters. The zero-order valence-electron chi connectivity index (χ0n) is 11.9. The number of aliphatic carboxylic acids is 1. The maximum Gasteiger partial charge on any atom is 0.319 e. The molecule has 2 rings (SSSR count). The van der Waals surface area contributed by atoms with Crippen LogP contribution in [0.5, 0.6) is 5.75 Å². The normalized spacial score (nSPS) is 15.3. The first-order valence-electron chi connectivity index (χ1n) is 6.81. The molecule has 0 unspecified atom stereocenters. The molecular formula is C15H19NO5. The lowest BCUT2D eigenvalue weighted by molar-refractivity contribution is -0.149. The first-order chi connectivity index (χ1) is 10.1. The average molecular weight is 293 g/mol. The number of carbonyl (C=O) groups excluding carboxylic acids is 1. The Balaban J connectivity index is 1.94. The predicted octanol–water partition coefficient (Wildman–Crippen LogP) is 1.19. The predicted molar refractivity (Wildman–Crippen MR) is 75.0 cm³/mol. The Labute approximate surface area is 123 Å². The number of amides is 1. The molecule has 0 radical (unpaired) electrons. The molecule has 6 heteroatoms. The van der Waals surface area contributed by atoms with Gasteiger partial charge in [-0.1, -0.05) is 18.2 Å². The molecule has 0 aromatic heterocycles. The average Bonchev–Trinajstić information content (AvgIpc) is 3.28. The number of benzene rings is 1. The highest BCUT2D eigenvalue weighted by Crippen LogP contribution is 2.46. The molecule has 6 nitrogen and oxygen atoms in total. The van der Waals surface area contributed by atoms with E-state index < -0.39 is 17.3 Å². The molecule has 1 aromatic carbocycles. The molecule has 0 saturated heterocycles. The van der Waals surface area contributed by atoms with E-state index in [0.717, 1.165) is 5.56 Å². The fourth-order valence-electron chi connectivity index (χ4n) is 2.03. The Morgan fingerprint density at radius 2 is 2.00 bits per heavy atom. The summed E-state index contributed by atoms with van der Waals surface area (Å²) < 4.78 is 10.5. The third-order valence-corrected chi connectivity index (χ3v) is 3.55. The second kappa shape index (κ2) is 6.58. The third kappa shape index (κ3) is 3.52. The number of hydrogen-bond acceptors (Lipinski definition) is 4. The lowest BCUT2D eigenvalue weighted by Crippen LogP contribution is -2.36. The van der Waals surface area contributed by atoms with Crippen LogP contribution in [0.15, 0.2) is 24.3 Å². The Kier molecular flexibility index (Phi) is 4.80. The fourth-order valence-corrected chi connectivity index (χ4v) is 2.03. The standard InChI is InChI=1S/C15H19NO5/c1-20-8-9-21-12-5-3-2-4-11(12)10-16-13(17)15(6-7-15)14(18)19/h2-5H,6-10H2,1H3,(H,16,17)(H,18,19). The zero-order valence-corrected chi connectivity index (χ0v) is 11.9. The summed E-state index contributed by atoms with van der Waals surface area (Å²) in [5.74, 6) is -0.818. The number of ether oxygens (including phenoxy) is 2. The van der Waals surface area contributed by atoms with Crippen molar-refractivity contribution < 1.29 is 24.2 Å². The molecule has 0 heterocycles. The molecule has 2 N–H and O–H groups in total. The largest absolute Gasteiger partial charge is 0.491 e. The Bertz CT molecular complexity index is 525. The van der Waals surface area contributed by atoms with Gasteiger partial charge in [-0.3, -0.25) is 9.59 Å². The van der Waals surface area contributed by atoms with E-state index in [4.69, 9.17) is 14.6 Å². The smallest absolute Gasteiger partial charge is 0.319 e. The highest BCUT2D eigenvalue weighted by atomic mass is 16.5. The number of rotatable bonds is 8. The number of para-hydroxylation sites is 1. The summed E-state index contributed by atoms with van der Waals surface area (Å²) >= 11 is 0. The number of carboxylic acids is 1. The quantitative estimate of drug-likeness (QED) is 0.555. The monoisotopic (exact) mass is 293 g/mol. The van der Waals surface area contributed by atoms with Crippen LogP contribution in [0.25, 0.3) is 0 Å². The van der Waals surface area contributed by atoms with Gasteiger partial charge in [0.2, 0.25) is 5.91 Å². The first-order valence-corrected chi connectivity index (χ1v) is 6.81. The van der Waals surface area contributed by atoms with Gasteiger partial charge in [-0.15, -0.1) is 0 Å². The number of carboxylic acid groups (broad SMARTS) is 1. The third-order valence-electron chi connectivity index (χ3n) is 3.55. The van der Waals surface area contributed by atoms with Gasteiger partial charge in [0.05, 0.1) is 6.61 Å². The van der Waals surface area contributed by atoms with Gasteiger partial charge in [-0.25, -0.2) is 0 Å². The SMILES string of the molecule is COCCOc1ccccc1CNC(=O)C1(C(=O)O)CC1. The summed E-state index contributed by atoms with van der Waals surface area (Å²) in [4.78, 5) is 23.0. The number of carbonyl (C=O) groups is 2. The van der Waals surface area contributed by atoms with Crippen molar-refractivity contribution in [2.75, 3.05) is 20.3 Å². The van der Waals surface area contributed by atoms with Crippen LogP contribution >= 0.6 is 0 Å². The van der Waals surface area contributed by atoms with Crippen molar-refractivity contribution in [3.8, 4) is 5.75 Å². The molecule has 0 bridgehead atoms. The van der Waals surface area contributed by atoms with Gasteiger partial charge < -0.3 is 19.9 Å². The topological polar surface area (TPSA) is 84.9 Å². The molecule has 1 amide bonds. The van der Waals surface area contributed by atoms with Crippen LogP contribution in [0.2, 0.25) is 0 Å². The van der Waals surface area contributed by atoms with Crippen molar-refractivity contribution in [3.05, 3.63) is 29.8 Å². The van der Waals surface area contributed by atoms with E-state index in [1.54, 1.807) is 13.2 Å². The summed E-state index contributed by atoms with van der Waals surface area (Å²) in [5.41, 5.74) is -0.408. The van der Waals surface area contributed by atoms with Crippen LogP contribution in [0.3, 0.4) is 0 Å². The minimum Gasteiger partial charge on any atom is -0.491 e. The van der Waals surface area contributed by atoms with Crippen LogP contribution in [-0.4, -0.2) is 37.3 Å². The summed E-state index contributed by atoms with van der Waals surface area (Å²) in [6, 6.07) is 7.33. The number of nitrogens with one attached hydrogen (secondary N) is 1. The first kappa shape index (κ1) is 15.3. The molecule has 0 aliphatic heterocycles. The van der Waals surface area contributed by atoms with Gasteiger partial charge in [0.25, 0.3) is 0 Å². The van der Waals surface area contributed by atoms with Crippen molar-refractivity contribution in [1.82, 2.24) is 5.32 Å². The van der Waals surface area contributed by atoms with Crippen molar-refractivity contribution in [2.45, 2.75) is 19.4 Å². The minimum atomic E-state index is -1.22. The van der Waals surface area contributed by atoms with E-state index in [2.05, 4.69) is 5.32 Å². The molecule has 21 heavy (non-hydrogen) atoms. The fraction of sp³-hybridized carbons (Fsp3) is 0.467. The van der Waals surface area contributed by atoms with Crippen LogP contribution in [0.4, 0.5) is 0 Å². The van der Waals surface area contributed by atoms with Crippen molar-refractivity contribution >= 4 is 11.9 Å². The Hall–Kier alpha value is -2.08. The zero-order chi connectivity index (χ0) is 15.3. The molecule has 1 aliphatic rings. The lowest BCUT2D eigenvalue weighted by Gasteiger charge is -2.14. The lowest BCUT2D eigenvalue weighted by atomic mass is 10.1. The van der Waals surface area contributed by atoms with Gasteiger partial charge in [0.1, 0.15) is 17.8 Å². The van der Waals surface area contributed by atoms with Crippen LogP contribution in [-0.2, 0) is 20.9 Å². The van der Waals surface area contributed by atoms with E-state index in [1.165, 1.54) is 0 Å². The van der Waals surface area contributed by atoms with Crippen LogP contribution in [0.1, 0.15) is 18.4 Å². The van der Waals surface area contributed by atoms with E-state index >= 15 is 0 Å². The molecule has 1 fully saturated rings. The van der Waals surface area contributed by atoms with Crippen molar-refractivity contribution in [1.29, 1.82) is 0 Å². The Morgan fingerprint density at radius 1 is 1.29 bits per heavy atom. The van der Waals surface area contributed by atoms with E-state index in [9.17, 15) is 9.59 Å². The van der Waals surface area contributed by atoms with E-state index in [0.29, 0.717) is 31.8 Å². The van der Waals surface area contributed by atoms with Gasteiger partial charge in [-0.2, -0.15) is 0 Å². The molecule has 114 valence electrons. The van der Waals surface area contributed by atoms with Crippen molar-refractivity contribution in [3.63, 3.8) is 0 Å². The van der Waals surface area contributed by atoms with E-state index in [1.807, 2.05) is 18.2 Å². The highest BCUT2D eigenvalue weighted by molar-refractivity contribution is 6.04. The van der Waals surface area contributed by atoms with Gasteiger partial charge in [0, 0.05) is 19.2 Å². The van der Waals surface area contributed by atoms with Gasteiger partial charge in [0.15, 0.2) is 0 Å².